The number of nitrogens with one attached hydrogen (secondary N) is 1. The van der Waals surface area contributed by atoms with Gasteiger partial charge in [-0.2, -0.15) is 0 Å². The summed E-state index contributed by atoms with van der Waals surface area (Å²) in [5.74, 6) is -0.549. The number of rotatable bonds is 3. The summed E-state index contributed by atoms with van der Waals surface area (Å²) in [6, 6.07) is 11.1. The summed E-state index contributed by atoms with van der Waals surface area (Å²) in [5, 5.41) is 11.0. The Labute approximate surface area is 152 Å². The van der Waals surface area contributed by atoms with Gasteiger partial charge in [-0.25, -0.2) is 9.18 Å². The monoisotopic (exact) mass is 369 g/mol. The van der Waals surface area contributed by atoms with Gasteiger partial charge >= 0.3 is 5.69 Å². The van der Waals surface area contributed by atoms with E-state index in [2.05, 4.69) is 9.98 Å². The van der Waals surface area contributed by atoms with Crippen LogP contribution in [0, 0.1) is 5.82 Å². The average molecular weight is 370 g/mol. The molecule has 0 atom stereocenters. The standard InChI is InChI=1S/C19H13ClFN3O2/c20-13-3-6-15-12(9-22-16(15)8-13)7-17-18(25)24(19(26)23-17)10-11-1-4-14(21)5-2-11/h1-9,25H,10H2,(H,23,26)/b12-7+. The number of allylic oxidation sites excluding steroid dienone is 1. The maximum atomic E-state index is 13.0. The van der Waals surface area contributed by atoms with Crippen molar-refractivity contribution >= 4 is 35.2 Å². The molecule has 0 unspecified atom stereocenters. The molecule has 1 aliphatic heterocycles. The molecule has 0 aliphatic carbocycles. The smallest absolute Gasteiger partial charge is 0.329 e. The third kappa shape index (κ3) is 2.95. The topological polar surface area (TPSA) is 70.4 Å². The van der Waals surface area contributed by atoms with Gasteiger partial charge in [0, 0.05) is 22.4 Å². The Morgan fingerprint density at radius 3 is 2.77 bits per heavy atom. The number of nitrogens with zero attached hydrogens (tertiary/aromatic N) is 2. The van der Waals surface area contributed by atoms with E-state index < -0.39 is 5.69 Å². The molecule has 5 nitrogen and oxygen atoms in total. The molecule has 2 N–H and O–H groups in total. The van der Waals surface area contributed by atoms with Gasteiger partial charge in [0.05, 0.1) is 12.2 Å². The Hall–Kier alpha value is -3.12. The third-order valence-electron chi connectivity index (χ3n) is 4.15. The molecule has 130 valence electrons. The van der Waals surface area contributed by atoms with Crippen LogP contribution in [-0.4, -0.2) is 20.9 Å². The molecule has 4 rings (SSSR count). The molecule has 3 aromatic rings. The van der Waals surface area contributed by atoms with Crippen molar-refractivity contribution in [1.29, 1.82) is 0 Å². The van der Waals surface area contributed by atoms with Gasteiger partial charge in [0.15, 0.2) is 0 Å². The van der Waals surface area contributed by atoms with Crippen molar-refractivity contribution in [3.63, 3.8) is 0 Å². The van der Waals surface area contributed by atoms with E-state index in [1.54, 1.807) is 36.6 Å². The Kier molecular flexibility index (Phi) is 3.97. The lowest BCUT2D eigenvalue weighted by atomic mass is 10.1. The van der Waals surface area contributed by atoms with Crippen LogP contribution < -0.4 is 5.69 Å². The normalized spacial score (nSPS) is 14.2. The maximum absolute atomic E-state index is 13.0. The fraction of sp³-hybridized carbons (Fsp3) is 0.0526. The number of aliphatic imine (C=N–C) groups is 1. The van der Waals surface area contributed by atoms with Gasteiger partial charge in [0.1, 0.15) is 11.5 Å². The number of aromatic hydroxyl groups is 1. The molecule has 1 aliphatic rings. The highest BCUT2D eigenvalue weighted by Crippen LogP contribution is 2.35. The van der Waals surface area contributed by atoms with Crippen LogP contribution in [-0.2, 0) is 6.54 Å². The first-order valence-electron chi connectivity index (χ1n) is 7.83. The number of hydrogen-bond donors (Lipinski definition) is 2. The van der Waals surface area contributed by atoms with Crippen LogP contribution in [0.3, 0.4) is 0 Å². The number of imidazole rings is 1. The lowest BCUT2D eigenvalue weighted by molar-refractivity contribution is 0.420. The summed E-state index contributed by atoms with van der Waals surface area (Å²) in [4.78, 5) is 19.1. The molecule has 0 saturated heterocycles. The third-order valence-corrected chi connectivity index (χ3v) is 4.39. The molecule has 26 heavy (non-hydrogen) atoms. The zero-order chi connectivity index (χ0) is 18.3. The van der Waals surface area contributed by atoms with Crippen LogP contribution in [0.25, 0.3) is 11.6 Å². The van der Waals surface area contributed by atoms with E-state index in [9.17, 15) is 14.3 Å². The van der Waals surface area contributed by atoms with Crippen LogP contribution in [0.4, 0.5) is 10.1 Å². The fourth-order valence-corrected chi connectivity index (χ4v) is 3.00. The summed E-state index contributed by atoms with van der Waals surface area (Å²) < 4.78 is 14.2. The number of benzene rings is 2. The minimum absolute atomic E-state index is 0.130. The minimum Gasteiger partial charge on any atom is -0.493 e. The summed E-state index contributed by atoms with van der Waals surface area (Å²) in [7, 11) is 0. The molecule has 2 heterocycles. The molecule has 0 spiro atoms. The van der Waals surface area contributed by atoms with Crippen molar-refractivity contribution in [3.8, 4) is 5.88 Å². The molecule has 1 aromatic heterocycles. The van der Waals surface area contributed by atoms with E-state index in [0.717, 1.165) is 16.8 Å². The Morgan fingerprint density at radius 2 is 2.00 bits per heavy atom. The highest BCUT2D eigenvalue weighted by Gasteiger charge is 2.16. The molecule has 0 amide bonds. The SMILES string of the molecule is O=c1[nH]c(/C=C2\C=Nc3cc(Cl)ccc32)c(O)n1Cc1ccc(F)cc1. The first-order chi connectivity index (χ1) is 12.5. The average Bonchev–Trinajstić information content (AvgIpc) is 3.12. The number of aromatic amines is 1. The molecule has 0 bridgehead atoms. The van der Waals surface area contributed by atoms with Crippen LogP contribution in [0.1, 0.15) is 16.8 Å². The van der Waals surface area contributed by atoms with Crippen LogP contribution in [0.15, 0.2) is 52.3 Å². The Morgan fingerprint density at radius 1 is 1.23 bits per heavy atom. The van der Waals surface area contributed by atoms with Crippen molar-refractivity contribution in [1.82, 2.24) is 9.55 Å². The second-order valence-corrected chi connectivity index (χ2v) is 6.34. The van der Waals surface area contributed by atoms with Crippen molar-refractivity contribution in [2.45, 2.75) is 6.54 Å². The largest absolute Gasteiger partial charge is 0.493 e. The van der Waals surface area contributed by atoms with Crippen LogP contribution in [0.2, 0.25) is 5.02 Å². The number of hydrogen-bond acceptors (Lipinski definition) is 3. The van der Waals surface area contributed by atoms with Crippen molar-refractivity contribution in [2.75, 3.05) is 0 Å². The van der Waals surface area contributed by atoms with Gasteiger partial charge in [-0.05, 0) is 35.9 Å². The Bertz CT molecular complexity index is 1110. The zero-order valence-electron chi connectivity index (χ0n) is 13.4. The molecule has 7 heteroatoms. The molecule has 0 radical (unpaired) electrons. The lowest BCUT2D eigenvalue weighted by Gasteiger charge is -2.04. The van der Waals surface area contributed by atoms with E-state index in [0.29, 0.717) is 10.6 Å². The van der Waals surface area contributed by atoms with Crippen LogP contribution in [0.5, 0.6) is 5.88 Å². The van der Waals surface area contributed by atoms with Gasteiger partial charge in [0.25, 0.3) is 0 Å². The number of aromatic nitrogens is 2. The predicted octanol–water partition coefficient (Wildman–Crippen LogP) is 3.98. The number of halogens is 2. The fourth-order valence-electron chi connectivity index (χ4n) is 2.83. The number of fused-ring (bicyclic) bond motifs is 1. The van der Waals surface area contributed by atoms with Gasteiger partial charge in [-0.3, -0.25) is 9.56 Å². The maximum Gasteiger partial charge on any atom is 0.329 e. The zero-order valence-corrected chi connectivity index (χ0v) is 14.2. The lowest BCUT2D eigenvalue weighted by Crippen LogP contribution is -2.17. The first-order valence-corrected chi connectivity index (χ1v) is 8.21. The summed E-state index contributed by atoms with van der Waals surface area (Å²) >= 11 is 5.96. The summed E-state index contributed by atoms with van der Waals surface area (Å²) in [6.07, 6.45) is 3.30. The predicted molar refractivity (Wildman–Crippen MR) is 99.7 cm³/mol. The van der Waals surface area contributed by atoms with Gasteiger partial charge in [-0.1, -0.05) is 29.8 Å². The van der Waals surface area contributed by atoms with Crippen molar-refractivity contribution < 1.29 is 9.50 Å². The van der Waals surface area contributed by atoms with E-state index in [-0.39, 0.29) is 23.9 Å². The molecular formula is C19H13ClFN3O2. The van der Waals surface area contributed by atoms with Gasteiger partial charge in [-0.15, -0.1) is 0 Å². The second kappa shape index (κ2) is 6.31. The summed E-state index contributed by atoms with van der Waals surface area (Å²) in [5.41, 5.74) is 2.87. The highest BCUT2D eigenvalue weighted by atomic mass is 35.5. The van der Waals surface area contributed by atoms with E-state index in [1.165, 1.54) is 16.7 Å². The van der Waals surface area contributed by atoms with E-state index in [4.69, 9.17) is 11.6 Å². The highest BCUT2D eigenvalue weighted by molar-refractivity contribution is 6.31. The van der Waals surface area contributed by atoms with Crippen molar-refractivity contribution in [3.05, 3.63) is 80.6 Å². The molecular weight excluding hydrogens is 357 g/mol. The van der Waals surface area contributed by atoms with Crippen LogP contribution >= 0.6 is 11.6 Å². The molecule has 0 fully saturated rings. The summed E-state index contributed by atoms with van der Waals surface area (Å²) in [6.45, 7) is 0.130. The molecule has 0 saturated carbocycles. The second-order valence-electron chi connectivity index (χ2n) is 5.90. The minimum atomic E-state index is -0.454. The van der Waals surface area contributed by atoms with Gasteiger partial charge in [0.2, 0.25) is 5.88 Å². The van der Waals surface area contributed by atoms with E-state index in [1.807, 2.05) is 6.07 Å². The Balaban J connectivity index is 1.69. The van der Waals surface area contributed by atoms with Crippen molar-refractivity contribution in [2.24, 2.45) is 4.99 Å². The van der Waals surface area contributed by atoms with Gasteiger partial charge < -0.3 is 10.1 Å². The molecule has 2 aromatic carbocycles. The first kappa shape index (κ1) is 16.4. The quantitative estimate of drug-likeness (QED) is 0.733. The number of H-pyrrole nitrogens is 1. The van der Waals surface area contributed by atoms with E-state index >= 15 is 0 Å².